The highest BCUT2D eigenvalue weighted by Gasteiger charge is 2.20. The van der Waals surface area contributed by atoms with Crippen LogP contribution in [0.3, 0.4) is 0 Å². The Morgan fingerprint density at radius 3 is 2.41 bits per heavy atom. The second-order valence-corrected chi connectivity index (χ2v) is 5.30. The quantitative estimate of drug-likeness (QED) is 0.563. The molecule has 110 valence electrons. The third-order valence-electron chi connectivity index (χ3n) is 3.74. The number of benzene rings is 2. The predicted molar refractivity (Wildman–Crippen MR) is 87.9 cm³/mol. The molecule has 3 aromatic rings. The molecule has 0 unspecified atom stereocenters. The van der Waals surface area contributed by atoms with E-state index < -0.39 is 0 Å². The van der Waals surface area contributed by atoms with Crippen molar-refractivity contribution in [3.05, 3.63) is 76.5 Å². The highest BCUT2D eigenvalue weighted by Crippen LogP contribution is 2.18. The van der Waals surface area contributed by atoms with Crippen molar-refractivity contribution < 1.29 is 4.57 Å². The molecule has 2 aromatic carbocycles. The maximum atomic E-state index is 12.4. The van der Waals surface area contributed by atoms with Gasteiger partial charge in [0.2, 0.25) is 0 Å². The minimum Gasteiger partial charge on any atom is -0.399 e. The number of rotatable bonds is 2. The molecule has 3 N–H and O–H groups in total. The number of nitrogen functional groups attached to an aromatic ring is 1. The van der Waals surface area contributed by atoms with Gasteiger partial charge in [-0.15, -0.1) is 0 Å². The Kier molecular flexibility index (Phi) is 3.51. The van der Waals surface area contributed by atoms with Gasteiger partial charge < -0.3 is 5.73 Å². The van der Waals surface area contributed by atoms with Crippen molar-refractivity contribution in [2.75, 3.05) is 5.73 Å². The fraction of sp³-hybridized carbons (Fsp3) is 0.111. The van der Waals surface area contributed by atoms with E-state index in [1.54, 1.807) is 0 Å². The van der Waals surface area contributed by atoms with Crippen molar-refractivity contribution in [2.45, 2.75) is 13.8 Å². The minimum atomic E-state index is -0.0821. The Bertz CT molecular complexity index is 883. The second-order valence-electron chi connectivity index (χ2n) is 5.30. The van der Waals surface area contributed by atoms with Crippen molar-refractivity contribution in [3.8, 4) is 16.8 Å². The van der Waals surface area contributed by atoms with Crippen LogP contribution in [-0.2, 0) is 0 Å². The smallest absolute Gasteiger partial charge is 0.343 e. The first-order valence-electron chi connectivity index (χ1n) is 7.15. The SMILES string of the molecule is Cc1[nH]c(=O)c(-c2ccccc2)c(C)[n+]1-c1cccc(N)c1. The lowest BCUT2D eigenvalue weighted by Gasteiger charge is -2.10. The van der Waals surface area contributed by atoms with Crippen LogP contribution in [0.1, 0.15) is 11.5 Å². The molecular weight excluding hydrogens is 274 g/mol. The molecule has 0 aliphatic rings. The third-order valence-corrected chi connectivity index (χ3v) is 3.74. The molecule has 4 heteroatoms. The van der Waals surface area contributed by atoms with E-state index in [0.29, 0.717) is 11.3 Å². The van der Waals surface area contributed by atoms with E-state index in [4.69, 9.17) is 5.73 Å². The molecule has 4 nitrogen and oxygen atoms in total. The van der Waals surface area contributed by atoms with E-state index in [1.165, 1.54) is 0 Å². The first-order chi connectivity index (χ1) is 10.6. The maximum absolute atomic E-state index is 12.4. The lowest BCUT2D eigenvalue weighted by molar-refractivity contribution is -0.612. The molecule has 0 fully saturated rings. The standard InChI is InChI=1S/C18H17N3O/c1-12-17(14-7-4-3-5-8-14)18(22)20-13(2)21(12)16-10-6-9-15(19)11-16/h3-11H,19H2,1-2H3/p+1. The molecule has 0 atom stereocenters. The van der Waals surface area contributed by atoms with Gasteiger partial charge in [-0.05, 0) is 24.6 Å². The number of H-pyrrole nitrogens is 1. The summed E-state index contributed by atoms with van der Waals surface area (Å²) in [6, 6.07) is 17.3. The second kappa shape index (κ2) is 5.48. The summed E-state index contributed by atoms with van der Waals surface area (Å²) >= 11 is 0. The molecule has 0 amide bonds. The van der Waals surface area contributed by atoms with Crippen LogP contribution in [0.4, 0.5) is 5.69 Å². The van der Waals surface area contributed by atoms with Gasteiger partial charge in [-0.1, -0.05) is 36.4 Å². The van der Waals surface area contributed by atoms with Gasteiger partial charge in [-0.3, -0.25) is 0 Å². The van der Waals surface area contributed by atoms with Crippen molar-refractivity contribution in [1.82, 2.24) is 4.98 Å². The van der Waals surface area contributed by atoms with Crippen LogP contribution in [0.15, 0.2) is 59.4 Å². The largest absolute Gasteiger partial charge is 0.399 e. The number of nitrogens with one attached hydrogen (secondary N) is 1. The van der Waals surface area contributed by atoms with Crippen molar-refractivity contribution in [1.29, 1.82) is 0 Å². The number of hydrogen-bond acceptors (Lipinski definition) is 2. The van der Waals surface area contributed by atoms with Gasteiger partial charge in [0.25, 0.3) is 5.82 Å². The van der Waals surface area contributed by atoms with Crippen LogP contribution < -0.4 is 15.9 Å². The zero-order valence-electron chi connectivity index (χ0n) is 12.6. The highest BCUT2D eigenvalue weighted by atomic mass is 16.1. The van der Waals surface area contributed by atoms with Gasteiger partial charge in [0.05, 0.1) is 0 Å². The zero-order valence-corrected chi connectivity index (χ0v) is 12.6. The number of anilines is 1. The average molecular weight is 292 g/mol. The number of aryl methyl sites for hydroxylation is 1. The first-order valence-corrected chi connectivity index (χ1v) is 7.15. The van der Waals surface area contributed by atoms with E-state index >= 15 is 0 Å². The first kappa shape index (κ1) is 14.1. The summed E-state index contributed by atoms with van der Waals surface area (Å²) in [5.41, 5.74) is 9.90. The number of nitrogens with two attached hydrogens (primary N) is 1. The fourth-order valence-corrected chi connectivity index (χ4v) is 2.81. The Morgan fingerprint density at radius 1 is 1.00 bits per heavy atom. The summed E-state index contributed by atoms with van der Waals surface area (Å²) < 4.78 is 2.01. The van der Waals surface area contributed by atoms with Crippen molar-refractivity contribution >= 4 is 5.69 Å². The van der Waals surface area contributed by atoms with Crippen molar-refractivity contribution in [3.63, 3.8) is 0 Å². The molecule has 22 heavy (non-hydrogen) atoms. The third kappa shape index (κ3) is 2.39. The molecule has 1 heterocycles. The number of hydrogen-bond donors (Lipinski definition) is 2. The summed E-state index contributed by atoms with van der Waals surface area (Å²) in [6.45, 7) is 3.83. The molecule has 1 aromatic heterocycles. The lowest BCUT2D eigenvalue weighted by atomic mass is 10.1. The van der Waals surface area contributed by atoms with E-state index in [9.17, 15) is 4.79 Å². The van der Waals surface area contributed by atoms with E-state index in [2.05, 4.69) is 4.98 Å². The zero-order chi connectivity index (χ0) is 15.7. The Labute approximate surface area is 128 Å². The van der Waals surface area contributed by atoms with Crippen LogP contribution in [-0.4, -0.2) is 4.98 Å². The molecule has 3 rings (SSSR count). The predicted octanol–water partition coefficient (Wildman–Crippen LogP) is 2.52. The summed E-state index contributed by atoms with van der Waals surface area (Å²) in [6.07, 6.45) is 0. The summed E-state index contributed by atoms with van der Waals surface area (Å²) in [5, 5.41) is 0. The van der Waals surface area contributed by atoms with Gasteiger partial charge in [0.1, 0.15) is 16.9 Å². The fourth-order valence-electron chi connectivity index (χ4n) is 2.81. The average Bonchev–Trinajstić information content (AvgIpc) is 2.48. The maximum Gasteiger partial charge on any atom is 0.343 e. The van der Waals surface area contributed by atoms with Crippen LogP contribution in [0, 0.1) is 13.8 Å². The topological polar surface area (TPSA) is 62.8 Å². The molecule has 0 radical (unpaired) electrons. The van der Waals surface area contributed by atoms with Crippen LogP contribution in [0.5, 0.6) is 0 Å². The van der Waals surface area contributed by atoms with Crippen LogP contribution in [0.2, 0.25) is 0 Å². The van der Waals surface area contributed by atoms with Gasteiger partial charge in [0.15, 0.2) is 0 Å². The number of aromatic amines is 1. The van der Waals surface area contributed by atoms with E-state index in [1.807, 2.05) is 73.0 Å². The Hall–Kier alpha value is -2.88. The highest BCUT2D eigenvalue weighted by molar-refractivity contribution is 5.63. The Balaban J connectivity index is 2.31. The van der Waals surface area contributed by atoms with E-state index in [-0.39, 0.29) is 5.56 Å². The molecule has 0 bridgehead atoms. The minimum absolute atomic E-state index is 0.0821. The Morgan fingerprint density at radius 2 is 1.73 bits per heavy atom. The number of aromatic nitrogens is 2. The molecule has 0 spiro atoms. The molecule has 0 aliphatic carbocycles. The van der Waals surface area contributed by atoms with Gasteiger partial charge >= 0.3 is 5.56 Å². The molecule has 0 saturated carbocycles. The van der Waals surface area contributed by atoms with E-state index in [0.717, 1.165) is 22.8 Å². The molecule has 0 aliphatic heterocycles. The van der Waals surface area contributed by atoms with Gasteiger partial charge in [-0.25, -0.2) is 14.3 Å². The summed E-state index contributed by atoms with van der Waals surface area (Å²) in [7, 11) is 0. The van der Waals surface area contributed by atoms with Gasteiger partial charge in [-0.2, -0.15) is 0 Å². The number of nitrogens with zero attached hydrogens (tertiary/aromatic N) is 1. The lowest BCUT2D eigenvalue weighted by Crippen LogP contribution is -2.42. The monoisotopic (exact) mass is 292 g/mol. The van der Waals surface area contributed by atoms with Crippen molar-refractivity contribution in [2.24, 2.45) is 0 Å². The molecular formula is C18H18N3O+. The van der Waals surface area contributed by atoms with Gasteiger partial charge in [0, 0.05) is 18.7 Å². The van der Waals surface area contributed by atoms with Crippen LogP contribution >= 0.6 is 0 Å². The summed E-state index contributed by atoms with van der Waals surface area (Å²) in [4.78, 5) is 15.3. The summed E-state index contributed by atoms with van der Waals surface area (Å²) in [5.74, 6) is 0.771. The normalized spacial score (nSPS) is 10.6. The molecule has 0 saturated heterocycles. The van der Waals surface area contributed by atoms with Crippen LogP contribution in [0.25, 0.3) is 16.8 Å².